The number of halogens is 1. The minimum absolute atomic E-state index is 0.0599. The van der Waals surface area contributed by atoms with Gasteiger partial charge in [0, 0.05) is 24.3 Å². The Balaban J connectivity index is 1.72. The lowest BCUT2D eigenvalue weighted by Crippen LogP contribution is -2.31. The van der Waals surface area contributed by atoms with Crippen molar-refractivity contribution in [2.75, 3.05) is 13.2 Å². The summed E-state index contributed by atoms with van der Waals surface area (Å²) >= 11 is 0. The highest BCUT2D eigenvalue weighted by Gasteiger charge is 2.17. The molecule has 0 radical (unpaired) electrons. The van der Waals surface area contributed by atoms with Gasteiger partial charge >= 0.3 is 0 Å². The summed E-state index contributed by atoms with van der Waals surface area (Å²) in [4.78, 5) is 11.9. The second-order valence-electron chi connectivity index (χ2n) is 6.11. The van der Waals surface area contributed by atoms with E-state index in [0.29, 0.717) is 17.7 Å². The number of hydrogen-bond donors (Lipinski definition) is 2. The Morgan fingerprint density at radius 3 is 2.54 bits per heavy atom. The molecule has 0 saturated carbocycles. The van der Waals surface area contributed by atoms with Gasteiger partial charge in [-0.25, -0.2) is 17.9 Å². The van der Waals surface area contributed by atoms with Crippen LogP contribution < -0.4 is 10.5 Å². The molecule has 3 rings (SSSR count). The van der Waals surface area contributed by atoms with Gasteiger partial charge in [0.2, 0.25) is 10.0 Å². The van der Waals surface area contributed by atoms with Crippen LogP contribution in [0.4, 0.5) is 4.39 Å². The third-order valence-corrected chi connectivity index (χ3v) is 5.15. The van der Waals surface area contributed by atoms with E-state index in [2.05, 4.69) is 5.32 Å². The fraction of sp³-hybridized carbons (Fsp3) is 0.278. The summed E-state index contributed by atoms with van der Waals surface area (Å²) in [5, 5.41) is 7.81. The van der Waals surface area contributed by atoms with Crippen LogP contribution >= 0.6 is 0 Å². The molecular weight excluding hydrogens is 359 g/mol. The van der Waals surface area contributed by atoms with E-state index in [1.165, 1.54) is 12.1 Å². The number of primary sulfonamides is 1. The normalized spacial score (nSPS) is 17.2. The number of carbonyl (C=O) groups excluding carboxylic acids is 1. The minimum Gasteiger partial charge on any atom is -0.376 e. The predicted molar refractivity (Wildman–Crippen MR) is 94.5 cm³/mol. The maximum Gasteiger partial charge on any atom is 0.251 e. The highest BCUT2D eigenvalue weighted by molar-refractivity contribution is 7.89. The fourth-order valence-corrected chi connectivity index (χ4v) is 3.35. The van der Waals surface area contributed by atoms with Gasteiger partial charge in [-0.3, -0.25) is 4.79 Å². The Morgan fingerprint density at radius 1 is 1.23 bits per heavy atom. The van der Waals surface area contributed by atoms with Crippen LogP contribution in [-0.2, 0) is 14.8 Å². The molecule has 1 fully saturated rings. The number of ether oxygens (including phenoxy) is 1. The smallest absolute Gasteiger partial charge is 0.251 e. The maximum absolute atomic E-state index is 14.2. The molecule has 1 aliphatic heterocycles. The van der Waals surface area contributed by atoms with E-state index in [9.17, 15) is 17.6 Å². The van der Waals surface area contributed by atoms with Crippen LogP contribution in [-0.4, -0.2) is 33.6 Å². The average Bonchev–Trinajstić information content (AvgIpc) is 3.12. The van der Waals surface area contributed by atoms with Gasteiger partial charge in [0.1, 0.15) is 5.82 Å². The van der Waals surface area contributed by atoms with Crippen LogP contribution in [0, 0.1) is 5.82 Å². The van der Waals surface area contributed by atoms with E-state index in [1.54, 1.807) is 24.3 Å². The maximum atomic E-state index is 14.2. The number of nitrogens with one attached hydrogen (secondary N) is 1. The third-order valence-electron chi connectivity index (χ3n) is 4.24. The average molecular weight is 378 g/mol. The molecule has 2 aromatic carbocycles. The molecule has 0 aliphatic carbocycles. The van der Waals surface area contributed by atoms with Crippen molar-refractivity contribution >= 4 is 15.9 Å². The lowest BCUT2D eigenvalue weighted by molar-refractivity contribution is 0.0858. The summed E-state index contributed by atoms with van der Waals surface area (Å²) in [7, 11) is -3.96. The molecule has 0 spiro atoms. The Labute approximate surface area is 151 Å². The highest BCUT2D eigenvalue weighted by Crippen LogP contribution is 2.25. The van der Waals surface area contributed by atoms with Crippen LogP contribution in [0.5, 0.6) is 0 Å². The fourth-order valence-electron chi connectivity index (χ4n) is 2.82. The van der Waals surface area contributed by atoms with Gasteiger partial charge in [0.25, 0.3) is 5.91 Å². The molecule has 0 aromatic heterocycles. The van der Waals surface area contributed by atoms with Gasteiger partial charge in [-0.15, -0.1) is 0 Å². The van der Waals surface area contributed by atoms with Gasteiger partial charge in [-0.2, -0.15) is 0 Å². The quantitative estimate of drug-likeness (QED) is 0.832. The molecule has 1 aliphatic rings. The van der Waals surface area contributed by atoms with E-state index in [4.69, 9.17) is 9.88 Å². The van der Waals surface area contributed by atoms with Crippen molar-refractivity contribution in [2.24, 2.45) is 5.14 Å². The lowest BCUT2D eigenvalue weighted by atomic mass is 10.0. The number of sulfonamides is 1. The number of benzene rings is 2. The van der Waals surface area contributed by atoms with Crippen LogP contribution in [0.3, 0.4) is 0 Å². The number of amides is 1. The van der Waals surface area contributed by atoms with E-state index in [1.807, 2.05) is 0 Å². The predicted octanol–water partition coefficient (Wildman–Crippen LogP) is 2.05. The zero-order valence-electron chi connectivity index (χ0n) is 13.9. The molecule has 2 aromatic rings. The van der Waals surface area contributed by atoms with Gasteiger partial charge in [-0.1, -0.05) is 18.2 Å². The molecule has 0 bridgehead atoms. The molecule has 0 unspecified atom stereocenters. The topological polar surface area (TPSA) is 98.5 Å². The number of hydrogen-bond acceptors (Lipinski definition) is 4. The van der Waals surface area contributed by atoms with Crippen molar-refractivity contribution in [1.29, 1.82) is 0 Å². The SMILES string of the molecule is NS(=O)(=O)c1ccc(-c2ccc(C(=O)NC[C@@H]3CCCO3)cc2)c(F)c1. The van der Waals surface area contributed by atoms with Crippen LogP contribution in [0.15, 0.2) is 47.4 Å². The van der Waals surface area contributed by atoms with Crippen LogP contribution in [0.1, 0.15) is 23.2 Å². The number of carbonyl (C=O) groups is 1. The van der Waals surface area contributed by atoms with Crippen molar-refractivity contribution in [3.8, 4) is 11.1 Å². The second kappa shape index (κ2) is 7.53. The van der Waals surface area contributed by atoms with E-state index in [0.717, 1.165) is 25.5 Å². The molecular formula is C18H19FN2O4S. The van der Waals surface area contributed by atoms with Crippen LogP contribution in [0.2, 0.25) is 0 Å². The van der Waals surface area contributed by atoms with Gasteiger partial charge in [0.15, 0.2) is 0 Å². The lowest BCUT2D eigenvalue weighted by Gasteiger charge is -2.11. The number of nitrogens with two attached hydrogens (primary N) is 1. The molecule has 1 heterocycles. The van der Waals surface area contributed by atoms with Gasteiger partial charge in [-0.05, 0) is 42.7 Å². The minimum atomic E-state index is -3.96. The highest BCUT2D eigenvalue weighted by atomic mass is 32.2. The molecule has 1 saturated heterocycles. The molecule has 1 atom stereocenters. The van der Waals surface area contributed by atoms with E-state index < -0.39 is 15.8 Å². The Morgan fingerprint density at radius 2 is 1.96 bits per heavy atom. The Kier molecular flexibility index (Phi) is 5.36. The molecule has 6 nitrogen and oxygen atoms in total. The summed E-state index contributed by atoms with van der Waals surface area (Å²) in [6.07, 6.45) is 2.00. The zero-order chi connectivity index (χ0) is 18.7. The molecule has 138 valence electrons. The molecule has 26 heavy (non-hydrogen) atoms. The van der Waals surface area contributed by atoms with E-state index >= 15 is 0 Å². The van der Waals surface area contributed by atoms with Crippen LogP contribution in [0.25, 0.3) is 11.1 Å². The number of rotatable bonds is 5. The Bertz CT molecular complexity index is 907. The zero-order valence-corrected chi connectivity index (χ0v) is 14.8. The van der Waals surface area contributed by atoms with Crippen molar-refractivity contribution in [3.05, 3.63) is 53.8 Å². The first-order valence-corrected chi connectivity index (χ1v) is 9.72. The van der Waals surface area contributed by atoms with Crippen molar-refractivity contribution in [1.82, 2.24) is 5.32 Å². The molecule has 1 amide bonds. The summed E-state index contributed by atoms with van der Waals surface area (Å²) in [5.74, 6) is -0.927. The second-order valence-corrected chi connectivity index (χ2v) is 7.67. The first-order valence-electron chi connectivity index (χ1n) is 8.17. The summed E-state index contributed by atoms with van der Waals surface area (Å²) in [5.41, 5.74) is 1.20. The monoisotopic (exact) mass is 378 g/mol. The molecule has 8 heteroatoms. The standard InChI is InChI=1S/C18H19FN2O4S/c19-17-10-15(26(20,23)24)7-8-16(17)12-3-5-13(6-4-12)18(22)21-11-14-2-1-9-25-14/h3-8,10,14H,1-2,9,11H2,(H,21,22)(H2,20,23,24)/t14-/m0/s1. The summed E-state index contributed by atoms with van der Waals surface area (Å²) in [6, 6.07) is 9.87. The molecule has 3 N–H and O–H groups in total. The summed E-state index contributed by atoms with van der Waals surface area (Å²) in [6.45, 7) is 1.19. The van der Waals surface area contributed by atoms with E-state index in [-0.39, 0.29) is 22.5 Å². The summed E-state index contributed by atoms with van der Waals surface area (Å²) < 4.78 is 42.2. The van der Waals surface area contributed by atoms with Crippen molar-refractivity contribution in [2.45, 2.75) is 23.8 Å². The van der Waals surface area contributed by atoms with Gasteiger partial charge in [0.05, 0.1) is 11.0 Å². The van der Waals surface area contributed by atoms with Gasteiger partial charge < -0.3 is 10.1 Å². The van der Waals surface area contributed by atoms with Crippen molar-refractivity contribution < 1.29 is 22.3 Å². The van der Waals surface area contributed by atoms with Crippen molar-refractivity contribution in [3.63, 3.8) is 0 Å². The largest absolute Gasteiger partial charge is 0.376 e. The Hall–Kier alpha value is -2.29. The first kappa shape index (κ1) is 18.5. The first-order chi connectivity index (χ1) is 12.3. The third kappa shape index (κ3) is 4.27.